The number of carbonyl (C=O) groups is 2. The Morgan fingerprint density at radius 1 is 1.14 bits per heavy atom. The molecule has 1 saturated heterocycles. The van der Waals surface area contributed by atoms with E-state index in [1.54, 1.807) is 17.0 Å². The zero-order chi connectivity index (χ0) is 19.2. The molecule has 8 heteroatoms. The summed E-state index contributed by atoms with van der Waals surface area (Å²) in [5, 5.41) is 5.77. The predicted octanol–water partition coefficient (Wildman–Crippen LogP) is 3.13. The van der Waals surface area contributed by atoms with Crippen LogP contribution in [0.15, 0.2) is 24.3 Å². The van der Waals surface area contributed by atoms with Gasteiger partial charge in [0.15, 0.2) is 0 Å². The molecular formula is C20H30ClFN4O2. The van der Waals surface area contributed by atoms with Crippen molar-refractivity contribution in [2.45, 2.75) is 44.6 Å². The van der Waals surface area contributed by atoms with Gasteiger partial charge in [0.05, 0.1) is 11.6 Å². The van der Waals surface area contributed by atoms with E-state index in [0.717, 1.165) is 32.1 Å². The normalized spacial score (nSPS) is 24.8. The van der Waals surface area contributed by atoms with E-state index in [2.05, 4.69) is 10.6 Å². The van der Waals surface area contributed by atoms with Crippen molar-refractivity contribution in [3.63, 3.8) is 0 Å². The Hall–Kier alpha value is -1.86. The maximum absolute atomic E-state index is 13.7. The van der Waals surface area contributed by atoms with Crippen molar-refractivity contribution < 1.29 is 14.0 Å². The van der Waals surface area contributed by atoms with Gasteiger partial charge in [-0.25, -0.2) is 9.18 Å². The molecular weight excluding hydrogens is 383 g/mol. The third-order valence-electron chi connectivity index (χ3n) is 5.73. The number of amides is 3. The Bertz CT molecular complexity index is 675. The lowest BCUT2D eigenvalue weighted by atomic mass is 9.84. The van der Waals surface area contributed by atoms with E-state index in [9.17, 15) is 14.0 Å². The largest absolute Gasteiger partial charge is 0.353 e. The number of nitrogens with two attached hydrogens (primary N) is 1. The van der Waals surface area contributed by atoms with E-state index in [0.29, 0.717) is 25.6 Å². The topological polar surface area (TPSA) is 87.5 Å². The van der Waals surface area contributed by atoms with Gasteiger partial charge in [-0.2, -0.15) is 0 Å². The summed E-state index contributed by atoms with van der Waals surface area (Å²) in [5.41, 5.74) is 6.01. The highest BCUT2D eigenvalue weighted by Gasteiger charge is 2.32. The lowest BCUT2D eigenvalue weighted by Crippen LogP contribution is -2.51. The van der Waals surface area contributed by atoms with Gasteiger partial charge in [0, 0.05) is 19.1 Å². The van der Waals surface area contributed by atoms with Gasteiger partial charge in [0.1, 0.15) is 5.82 Å². The summed E-state index contributed by atoms with van der Waals surface area (Å²) in [6.45, 7) is 1.51. The average molecular weight is 413 g/mol. The number of nitrogens with one attached hydrogen (secondary N) is 2. The number of benzene rings is 1. The maximum Gasteiger partial charge on any atom is 0.321 e. The quantitative estimate of drug-likeness (QED) is 0.710. The van der Waals surface area contributed by atoms with Crippen molar-refractivity contribution in [2.75, 3.05) is 25.0 Å². The summed E-state index contributed by atoms with van der Waals surface area (Å²) in [4.78, 5) is 26.8. The Morgan fingerprint density at radius 3 is 2.64 bits per heavy atom. The van der Waals surface area contributed by atoms with Gasteiger partial charge in [-0.3, -0.25) is 4.79 Å². The van der Waals surface area contributed by atoms with Crippen molar-refractivity contribution in [1.29, 1.82) is 0 Å². The van der Waals surface area contributed by atoms with Gasteiger partial charge < -0.3 is 21.3 Å². The number of hydrogen-bond donors (Lipinski definition) is 3. The number of carbonyl (C=O) groups excluding carboxylic acids is 2. The highest BCUT2D eigenvalue weighted by atomic mass is 35.5. The smallest absolute Gasteiger partial charge is 0.321 e. The first-order chi connectivity index (χ1) is 13.1. The SMILES string of the molecule is Cl.NCC1CCCCC1NC(=O)C1CCCN(C(=O)Nc2ccccc2F)C1. The molecule has 6 nitrogen and oxygen atoms in total. The molecule has 4 N–H and O–H groups in total. The van der Waals surface area contributed by atoms with Crippen LogP contribution in [-0.4, -0.2) is 42.5 Å². The van der Waals surface area contributed by atoms with Gasteiger partial charge in [0.25, 0.3) is 0 Å². The van der Waals surface area contributed by atoms with Crippen LogP contribution in [0.1, 0.15) is 38.5 Å². The molecule has 0 bridgehead atoms. The lowest BCUT2D eigenvalue weighted by molar-refractivity contribution is -0.127. The molecule has 0 aromatic heterocycles. The van der Waals surface area contributed by atoms with E-state index in [4.69, 9.17) is 5.73 Å². The number of halogens is 2. The standard InChI is InChI=1S/C20H29FN4O2.ClH/c21-16-8-2-4-10-18(16)24-20(27)25-11-5-7-15(13-25)19(26)23-17-9-3-1-6-14(17)12-22;/h2,4,8,10,14-15,17H,1,3,5-7,9,11-13,22H2,(H,23,26)(H,24,27);1H. The fourth-order valence-corrected chi connectivity index (χ4v) is 4.11. The fourth-order valence-electron chi connectivity index (χ4n) is 4.11. The van der Waals surface area contributed by atoms with E-state index in [-0.39, 0.29) is 42.0 Å². The van der Waals surface area contributed by atoms with Crippen molar-refractivity contribution in [1.82, 2.24) is 10.2 Å². The number of likely N-dealkylation sites (tertiary alicyclic amines) is 1. The Labute approximate surface area is 171 Å². The molecule has 1 heterocycles. The zero-order valence-electron chi connectivity index (χ0n) is 16.0. The highest BCUT2D eigenvalue weighted by Crippen LogP contribution is 2.25. The van der Waals surface area contributed by atoms with Gasteiger partial charge in [-0.05, 0) is 50.3 Å². The molecule has 1 aliphatic carbocycles. The first-order valence-electron chi connectivity index (χ1n) is 9.89. The molecule has 28 heavy (non-hydrogen) atoms. The van der Waals surface area contributed by atoms with Crippen molar-refractivity contribution in [3.8, 4) is 0 Å². The Morgan fingerprint density at radius 2 is 1.89 bits per heavy atom. The molecule has 2 fully saturated rings. The zero-order valence-corrected chi connectivity index (χ0v) is 16.8. The van der Waals surface area contributed by atoms with Crippen LogP contribution in [0.4, 0.5) is 14.9 Å². The molecule has 3 amide bonds. The van der Waals surface area contributed by atoms with Crippen LogP contribution in [0, 0.1) is 17.7 Å². The minimum Gasteiger partial charge on any atom is -0.353 e. The average Bonchev–Trinajstić information content (AvgIpc) is 2.70. The summed E-state index contributed by atoms with van der Waals surface area (Å²) in [7, 11) is 0. The van der Waals surface area contributed by atoms with Gasteiger partial charge in [-0.15, -0.1) is 12.4 Å². The molecule has 1 aliphatic heterocycles. The van der Waals surface area contributed by atoms with Gasteiger partial charge in [0.2, 0.25) is 5.91 Å². The second kappa shape index (κ2) is 10.6. The summed E-state index contributed by atoms with van der Waals surface area (Å²) >= 11 is 0. The third kappa shape index (κ3) is 5.58. The van der Waals surface area contributed by atoms with Crippen LogP contribution in [0.2, 0.25) is 0 Å². The third-order valence-corrected chi connectivity index (χ3v) is 5.73. The van der Waals surface area contributed by atoms with Crippen LogP contribution >= 0.6 is 12.4 Å². The minimum atomic E-state index is -0.470. The van der Waals surface area contributed by atoms with E-state index in [1.165, 1.54) is 18.6 Å². The second-order valence-electron chi connectivity index (χ2n) is 7.59. The molecule has 0 spiro atoms. The molecule has 1 aromatic rings. The molecule has 0 radical (unpaired) electrons. The molecule has 3 atom stereocenters. The van der Waals surface area contributed by atoms with Crippen molar-refractivity contribution in [3.05, 3.63) is 30.1 Å². The molecule has 156 valence electrons. The van der Waals surface area contributed by atoms with Crippen LogP contribution in [-0.2, 0) is 4.79 Å². The van der Waals surface area contributed by atoms with Crippen molar-refractivity contribution >= 4 is 30.0 Å². The second-order valence-corrected chi connectivity index (χ2v) is 7.59. The van der Waals surface area contributed by atoms with E-state index in [1.807, 2.05) is 0 Å². The molecule has 1 aromatic carbocycles. The van der Waals surface area contributed by atoms with Crippen molar-refractivity contribution in [2.24, 2.45) is 17.6 Å². The summed E-state index contributed by atoms with van der Waals surface area (Å²) in [6, 6.07) is 5.85. The number of rotatable bonds is 4. The monoisotopic (exact) mass is 412 g/mol. The first kappa shape index (κ1) is 22.4. The minimum absolute atomic E-state index is 0. The maximum atomic E-state index is 13.7. The number of anilines is 1. The molecule has 1 saturated carbocycles. The van der Waals surface area contributed by atoms with Crippen LogP contribution in [0.25, 0.3) is 0 Å². The summed E-state index contributed by atoms with van der Waals surface area (Å²) < 4.78 is 13.7. The Kier molecular flexibility index (Phi) is 8.51. The van der Waals surface area contributed by atoms with Gasteiger partial charge >= 0.3 is 6.03 Å². The predicted molar refractivity (Wildman–Crippen MR) is 110 cm³/mol. The molecule has 2 aliphatic rings. The number of hydrogen-bond acceptors (Lipinski definition) is 3. The lowest BCUT2D eigenvalue weighted by Gasteiger charge is -2.35. The highest BCUT2D eigenvalue weighted by molar-refractivity contribution is 5.90. The molecule has 3 unspecified atom stereocenters. The van der Waals surface area contributed by atoms with Crippen LogP contribution in [0.5, 0.6) is 0 Å². The fraction of sp³-hybridized carbons (Fsp3) is 0.600. The number of para-hydroxylation sites is 1. The van der Waals surface area contributed by atoms with E-state index >= 15 is 0 Å². The Balaban J connectivity index is 0.00000280. The first-order valence-corrected chi connectivity index (χ1v) is 9.89. The van der Waals surface area contributed by atoms with Gasteiger partial charge in [-0.1, -0.05) is 25.0 Å². The van der Waals surface area contributed by atoms with Crippen LogP contribution in [0.3, 0.4) is 0 Å². The summed E-state index contributed by atoms with van der Waals surface area (Å²) in [5.74, 6) is -0.358. The summed E-state index contributed by atoms with van der Waals surface area (Å²) in [6.07, 6.45) is 5.83. The molecule has 3 rings (SSSR count). The number of nitrogens with zero attached hydrogens (tertiary/aromatic N) is 1. The number of urea groups is 1. The van der Waals surface area contributed by atoms with Crippen LogP contribution < -0.4 is 16.4 Å². The van der Waals surface area contributed by atoms with E-state index < -0.39 is 5.82 Å². The number of piperidine rings is 1.